The van der Waals surface area contributed by atoms with Crippen molar-refractivity contribution in [2.45, 2.75) is 56.5 Å². The van der Waals surface area contributed by atoms with Gasteiger partial charge in [-0.15, -0.1) is 0 Å². The quantitative estimate of drug-likeness (QED) is 0.671. The molecule has 2 aliphatic rings. The van der Waals surface area contributed by atoms with Crippen LogP contribution in [0.3, 0.4) is 0 Å². The lowest BCUT2D eigenvalue weighted by Gasteiger charge is -2.42. The van der Waals surface area contributed by atoms with Crippen LogP contribution in [-0.2, 0) is 4.74 Å². The Labute approximate surface area is 115 Å². The van der Waals surface area contributed by atoms with Gasteiger partial charge in [-0.1, -0.05) is 0 Å². The molecular formula is C14H27NO4. The van der Waals surface area contributed by atoms with E-state index in [1.165, 1.54) is 0 Å². The van der Waals surface area contributed by atoms with Crippen LogP contribution in [-0.4, -0.2) is 71.4 Å². The van der Waals surface area contributed by atoms with Gasteiger partial charge in [0, 0.05) is 26.2 Å². The maximum Gasteiger partial charge on any atom is 0.0926 e. The molecule has 0 aromatic rings. The summed E-state index contributed by atoms with van der Waals surface area (Å²) in [7, 11) is 1.77. The third-order valence-electron chi connectivity index (χ3n) is 4.73. The van der Waals surface area contributed by atoms with Crippen molar-refractivity contribution >= 4 is 0 Å². The molecule has 1 aliphatic heterocycles. The predicted molar refractivity (Wildman–Crippen MR) is 71.8 cm³/mol. The summed E-state index contributed by atoms with van der Waals surface area (Å²) in [5.41, 5.74) is 0. The van der Waals surface area contributed by atoms with Crippen molar-refractivity contribution in [2.75, 3.05) is 26.8 Å². The largest absolute Gasteiger partial charge is 0.395 e. The monoisotopic (exact) mass is 273 g/mol. The summed E-state index contributed by atoms with van der Waals surface area (Å²) in [6.07, 6.45) is 3.98. The number of nitrogens with zero attached hydrogens (tertiary/aromatic N) is 1. The first-order chi connectivity index (χ1) is 9.13. The molecule has 5 nitrogen and oxygen atoms in total. The minimum Gasteiger partial charge on any atom is -0.395 e. The molecule has 1 heterocycles. The van der Waals surface area contributed by atoms with Gasteiger partial charge < -0.3 is 20.1 Å². The van der Waals surface area contributed by atoms with Gasteiger partial charge in [-0.3, -0.25) is 4.90 Å². The van der Waals surface area contributed by atoms with Gasteiger partial charge in [0.2, 0.25) is 0 Å². The molecule has 3 N–H and O–H groups in total. The summed E-state index contributed by atoms with van der Waals surface area (Å²) in [6, 6.07) is -0.0152. The van der Waals surface area contributed by atoms with Crippen molar-refractivity contribution in [3.63, 3.8) is 0 Å². The maximum atomic E-state index is 9.78. The zero-order chi connectivity index (χ0) is 13.8. The Kier molecular flexibility index (Phi) is 5.59. The Morgan fingerprint density at radius 1 is 1.11 bits per heavy atom. The second-order valence-corrected chi connectivity index (χ2v) is 6.04. The molecule has 0 spiro atoms. The van der Waals surface area contributed by atoms with Crippen molar-refractivity contribution in [1.82, 2.24) is 4.90 Å². The average Bonchev–Trinajstić information content (AvgIpc) is 2.43. The van der Waals surface area contributed by atoms with Gasteiger partial charge in [-0.25, -0.2) is 0 Å². The molecule has 1 unspecified atom stereocenters. The van der Waals surface area contributed by atoms with E-state index in [1.54, 1.807) is 7.11 Å². The second kappa shape index (κ2) is 6.99. The van der Waals surface area contributed by atoms with Crippen molar-refractivity contribution in [1.29, 1.82) is 0 Å². The van der Waals surface area contributed by atoms with Crippen molar-refractivity contribution in [2.24, 2.45) is 5.92 Å². The first-order valence-corrected chi connectivity index (χ1v) is 7.37. The summed E-state index contributed by atoms with van der Waals surface area (Å²) >= 11 is 0. The highest BCUT2D eigenvalue weighted by Crippen LogP contribution is 2.28. The smallest absolute Gasteiger partial charge is 0.0926 e. The molecule has 112 valence electrons. The summed E-state index contributed by atoms with van der Waals surface area (Å²) < 4.78 is 5.38. The number of hydrogen-bond donors (Lipinski definition) is 3. The van der Waals surface area contributed by atoms with Crippen LogP contribution in [0.2, 0.25) is 0 Å². The Bertz CT molecular complexity index is 268. The van der Waals surface area contributed by atoms with Gasteiger partial charge in [-0.2, -0.15) is 0 Å². The van der Waals surface area contributed by atoms with Gasteiger partial charge in [0.15, 0.2) is 0 Å². The second-order valence-electron chi connectivity index (χ2n) is 6.04. The van der Waals surface area contributed by atoms with E-state index >= 15 is 0 Å². The van der Waals surface area contributed by atoms with E-state index in [4.69, 9.17) is 4.74 Å². The highest BCUT2D eigenvalue weighted by molar-refractivity contribution is 4.88. The number of likely N-dealkylation sites (tertiary alicyclic amines) is 1. The van der Waals surface area contributed by atoms with Crippen LogP contribution in [0.5, 0.6) is 0 Å². The lowest BCUT2D eigenvalue weighted by molar-refractivity contribution is -0.0771. The third-order valence-corrected chi connectivity index (χ3v) is 4.73. The van der Waals surface area contributed by atoms with E-state index in [0.29, 0.717) is 25.0 Å². The van der Waals surface area contributed by atoms with Crippen LogP contribution in [0.1, 0.15) is 32.1 Å². The van der Waals surface area contributed by atoms with Gasteiger partial charge in [0.05, 0.1) is 24.9 Å². The molecule has 0 aromatic carbocycles. The van der Waals surface area contributed by atoms with Crippen molar-refractivity contribution in [3.05, 3.63) is 0 Å². The van der Waals surface area contributed by atoms with Crippen molar-refractivity contribution in [3.8, 4) is 0 Å². The Morgan fingerprint density at radius 3 is 2.37 bits per heavy atom. The van der Waals surface area contributed by atoms with Gasteiger partial charge in [-0.05, 0) is 38.0 Å². The molecule has 3 atom stereocenters. The lowest BCUT2D eigenvalue weighted by Crippen LogP contribution is -2.54. The molecule has 0 bridgehead atoms. The van der Waals surface area contributed by atoms with E-state index in [0.717, 1.165) is 32.2 Å². The number of β-amino-alcohol motifs (C(OH)–C–C–N with tert-alkyl or cyclic N) is 1. The fraction of sp³-hybridized carbons (Fsp3) is 1.00. The van der Waals surface area contributed by atoms with E-state index in [-0.39, 0.29) is 12.6 Å². The molecule has 0 aromatic heterocycles. The van der Waals surface area contributed by atoms with Crippen LogP contribution in [0.15, 0.2) is 0 Å². The standard InChI is InChI=1S/C14H27NO4/c1-19-12-4-2-10(3-5-12)7-15-8-14(18)13(17)6-11(15)9-16/h10-14,16-18H,2-9H2,1H3/t10?,11-,12?,13?,14+/m1/s1. The van der Waals surface area contributed by atoms with Crippen LogP contribution in [0.4, 0.5) is 0 Å². The van der Waals surface area contributed by atoms with E-state index in [1.807, 2.05) is 0 Å². The first-order valence-electron chi connectivity index (χ1n) is 7.37. The number of rotatable bonds is 4. The number of aliphatic hydroxyl groups is 3. The van der Waals surface area contributed by atoms with Gasteiger partial charge in [0.25, 0.3) is 0 Å². The fourth-order valence-electron chi connectivity index (χ4n) is 3.39. The zero-order valence-corrected chi connectivity index (χ0v) is 11.7. The Morgan fingerprint density at radius 2 is 1.79 bits per heavy atom. The van der Waals surface area contributed by atoms with E-state index < -0.39 is 12.2 Å². The number of piperidine rings is 1. The molecule has 1 saturated carbocycles. The minimum absolute atomic E-state index is 0.0152. The number of ether oxygens (including phenoxy) is 1. The zero-order valence-electron chi connectivity index (χ0n) is 11.7. The normalized spacial score (nSPS) is 41.4. The van der Waals surface area contributed by atoms with Crippen molar-refractivity contribution < 1.29 is 20.1 Å². The lowest BCUT2D eigenvalue weighted by atomic mass is 9.86. The molecular weight excluding hydrogens is 246 g/mol. The number of hydrogen-bond acceptors (Lipinski definition) is 5. The van der Waals surface area contributed by atoms with Crippen LogP contribution in [0.25, 0.3) is 0 Å². The van der Waals surface area contributed by atoms with Crippen LogP contribution in [0, 0.1) is 5.92 Å². The minimum atomic E-state index is -0.697. The number of aliphatic hydroxyl groups excluding tert-OH is 3. The fourth-order valence-corrected chi connectivity index (χ4v) is 3.39. The Hall–Kier alpha value is -0.200. The molecule has 1 aliphatic carbocycles. The SMILES string of the molecule is COC1CCC(CN2C[C@H](O)C(O)C[C@@H]2CO)CC1. The molecule has 19 heavy (non-hydrogen) atoms. The Balaban J connectivity index is 1.83. The average molecular weight is 273 g/mol. The summed E-state index contributed by atoms with van der Waals surface area (Å²) in [4.78, 5) is 2.15. The summed E-state index contributed by atoms with van der Waals surface area (Å²) in [6.45, 7) is 1.43. The molecule has 1 saturated heterocycles. The predicted octanol–water partition coefficient (Wildman–Crippen LogP) is -0.0200. The maximum absolute atomic E-state index is 9.78. The van der Waals surface area contributed by atoms with E-state index in [2.05, 4.69) is 4.90 Å². The molecule has 0 amide bonds. The molecule has 5 heteroatoms. The molecule has 0 radical (unpaired) electrons. The molecule has 2 rings (SSSR count). The van der Waals surface area contributed by atoms with Crippen LogP contribution < -0.4 is 0 Å². The molecule has 2 fully saturated rings. The highest BCUT2D eigenvalue weighted by atomic mass is 16.5. The topological polar surface area (TPSA) is 73.2 Å². The summed E-state index contributed by atoms with van der Waals surface area (Å²) in [5.74, 6) is 0.614. The van der Waals surface area contributed by atoms with Gasteiger partial charge in [0.1, 0.15) is 0 Å². The number of methoxy groups -OCH3 is 1. The summed E-state index contributed by atoms with van der Waals surface area (Å²) in [5, 5.41) is 28.9. The highest BCUT2D eigenvalue weighted by Gasteiger charge is 2.34. The first kappa shape index (κ1) is 15.2. The van der Waals surface area contributed by atoms with E-state index in [9.17, 15) is 15.3 Å². The van der Waals surface area contributed by atoms with Gasteiger partial charge >= 0.3 is 0 Å². The third kappa shape index (κ3) is 3.89. The van der Waals surface area contributed by atoms with Crippen LogP contribution >= 0.6 is 0 Å².